The standard InChI is InChI=1S/C19H26N4O4/c1-19(2,3)27-18(25)20-12-8-9-23(10-12)15-7-6-13(17(24)26-5)16-14(15)11-22(4)21-16/h6-7,11-12H,8-10H2,1-5H3,(H,20,25)/t12-/m0/s1. The fraction of sp³-hybridized carbons (Fsp3) is 0.526. The lowest BCUT2D eigenvalue weighted by atomic mass is 10.1. The molecule has 0 radical (unpaired) electrons. The van der Waals surface area contributed by atoms with Gasteiger partial charge < -0.3 is 19.7 Å². The van der Waals surface area contributed by atoms with Gasteiger partial charge in [-0.25, -0.2) is 9.59 Å². The van der Waals surface area contributed by atoms with Crippen molar-refractivity contribution in [2.45, 2.75) is 38.8 Å². The molecule has 0 aliphatic carbocycles. The molecule has 1 aliphatic rings. The summed E-state index contributed by atoms with van der Waals surface area (Å²) in [5.74, 6) is -0.406. The predicted octanol–water partition coefficient (Wildman–Crippen LogP) is 2.46. The average molecular weight is 374 g/mol. The van der Waals surface area contributed by atoms with Gasteiger partial charge in [-0.2, -0.15) is 5.10 Å². The van der Waals surface area contributed by atoms with Crippen LogP contribution in [0.5, 0.6) is 0 Å². The van der Waals surface area contributed by atoms with Gasteiger partial charge in [0.05, 0.1) is 18.7 Å². The molecule has 2 aromatic rings. The summed E-state index contributed by atoms with van der Waals surface area (Å²) < 4.78 is 11.9. The van der Waals surface area contributed by atoms with Crippen molar-refractivity contribution in [1.29, 1.82) is 0 Å². The number of carbonyl (C=O) groups excluding carboxylic acids is 2. The highest BCUT2D eigenvalue weighted by Crippen LogP contribution is 2.31. The van der Waals surface area contributed by atoms with E-state index in [9.17, 15) is 9.59 Å². The van der Waals surface area contributed by atoms with Crippen LogP contribution in [0, 0.1) is 0 Å². The van der Waals surface area contributed by atoms with E-state index >= 15 is 0 Å². The Morgan fingerprint density at radius 2 is 2.04 bits per heavy atom. The number of fused-ring (bicyclic) bond motifs is 1. The van der Waals surface area contributed by atoms with E-state index in [1.165, 1.54) is 7.11 Å². The Hall–Kier alpha value is -2.77. The van der Waals surface area contributed by atoms with Crippen LogP contribution >= 0.6 is 0 Å². The summed E-state index contributed by atoms with van der Waals surface area (Å²) in [5, 5.41) is 8.24. The van der Waals surface area contributed by atoms with Gasteiger partial charge in [-0.15, -0.1) is 0 Å². The molecule has 1 amide bonds. The SMILES string of the molecule is COC(=O)c1ccc(N2CC[C@H](NC(=O)OC(C)(C)C)C2)c2cn(C)nc12. The van der Waals surface area contributed by atoms with Gasteiger partial charge in [0.15, 0.2) is 0 Å². The number of carbonyl (C=O) groups is 2. The minimum atomic E-state index is -0.520. The molecule has 1 N–H and O–H groups in total. The van der Waals surface area contributed by atoms with E-state index in [2.05, 4.69) is 15.3 Å². The third kappa shape index (κ3) is 4.15. The van der Waals surface area contributed by atoms with Crippen LogP contribution < -0.4 is 10.2 Å². The second-order valence-electron chi connectivity index (χ2n) is 7.77. The highest BCUT2D eigenvalue weighted by Gasteiger charge is 2.28. The number of amides is 1. The van der Waals surface area contributed by atoms with Crippen molar-refractivity contribution in [3.8, 4) is 0 Å². The largest absolute Gasteiger partial charge is 0.465 e. The van der Waals surface area contributed by atoms with Gasteiger partial charge >= 0.3 is 12.1 Å². The van der Waals surface area contributed by atoms with Crippen LogP contribution in [0.3, 0.4) is 0 Å². The Morgan fingerprint density at radius 1 is 1.30 bits per heavy atom. The van der Waals surface area contributed by atoms with Crippen molar-refractivity contribution in [2.75, 3.05) is 25.1 Å². The Morgan fingerprint density at radius 3 is 2.70 bits per heavy atom. The van der Waals surface area contributed by atoms with Gasteiger partial charge in [0.1, 0.15) is 11.1 Å². The Kier molecular flexibility index (Phi) is 4.99. The van der Waals surface area contributed by atoms with Crippen LogP contribution in [0.2, 0.25) is 0 Å². The molecule has 2 heterocycles. The number of nitrogens with one attached hydrogen (secondary N) is 1. The van der Waals surface area contributed by atoms with Gasteiger partial charge in [-0.1, -0.05) is 0 Å². The molecule has 3 rings (SSSR count). The molecule has 8 nitrogen and oxygen atoms in total. The molecule has 146 valence electrons. The molecule has 8 heteroatoms. The van der Waals surface area contributed by atoms with Crippen LogP contribution in [0.1, 0.15) is 37.6 Å². The van der Waals surface area contributed by atoms with Gasteiger partial charge in [0.25, 0.3) is 0 Å². The van der Waals surface area contributed by atoms with E-state index in [0.29, 0.717) is 17.6 Å². The molecule has 1 aromatic heterocycles. The predicted molar refractivity (Wildman–Crippen MR) is 102 cm³/mol. The minimum absolute atomic E-state index is 0.00635. The monoisotopic (exact) mass is 374 g/mol. The van der Waals surface area contributed by atoms with Crippen LogP contribution in [0.25, 0.3) is 10.9 Å². The first-order valence-corrected chi connectivity index (χ1v) is 8.97. The van der Waals surface area contributed by atoms with Gasteiger partial charge in [0, 0.05) is 37.4 Å². The summed E-state index contributed by atoms with van der Waals surface area (Å²) in [6.45, 7) is 6.99. The molecule has 1 fully saturated rings. The summed E-state index contributed by atoms with van der Waals surface area (Å²) in [7, 11) is 3.18. The number of hydrogen-bond donors (Lipinski definition) is 1. The minimum Gasteiger partial charge on any atom is -0.465 e. The molecule has 1 aliphatic heterocycles. The van der Waals surface area contributed by atoms with Crippen LogP contribution in [0.15, 0.2) is 18.3 Å². The first kappa shape index (κ1) is 19.0. The van der Waals surface area contributed by atoms with Crippen molar-refractivity contribution in [3.63, 3.8) is 0 Å². The fourth-order valence-corrected chi connectivity index (χ4v) is 3.33. The first-order valence-electron chi connectivity index (χ1n) is 8.97. The van der Waals surface area contributed by atoms with Gasteiger partial charge in [-0.3, -0.25) is 4.68 Å². The zero-order valence-corrected chi connectivity index (χ0v) is 16.4. The van der Waals surface area contributed by atoms with E-state index in [1.807, 2.05) is 40.1 Å². The molecule has 1 saturated heterocycles. The van der Waals surface area contributed by atoms with Gasteiger partial charge in [0.2, 0.25) is 0 Å². The zero-order valence-electron chi connectivity index (χ0n) is 16.4. The van der Waals surface area contributed by atoms with E-state index in [-0.39, 0.29) is 6.04 Å². The molecule has 1 atom stereocenters. The van der Waals surface area contributed by atoms with Crippen molar-refractivity contribution in [2.24, 2.45) is 7.05 Å². The number of aromatic nitrogens is 2. The number of ether oxygens (including phenoxy) is 2. The lowest BCUT2D eigenvalue weighted by molar-refractivity contribution is 0.0508. The van der Waals surface area contributed by atoms with Crippen LogP contribution in [-0.4, -0.2) is 53.7 Å². The molecular formula is C19H26N4O4. The third-order valence-electron chi connectivity index (χ3n) is 4.42. The maximum atomic E-state index is 12.0. The lowest BCUT2D eigenvalue weighted by Crippen LogP contribution is -2.40. The highest BCUT2D eigenvalue weighted by atomic mass is 16.6. The number of benzene rings is 1. The van der Waals surface area contributed by atoms with Crippen LogP contribution in [0.4, 0.5) is 10.5 Å². The second kappa shape index (κ2) is 7.09. The molecule has 27 heavy (non-hydrogen) atoms. The van der Waals surface area contributed by atoms with Crippen molar-refractivity contribution in [3.05, 3.63) is 23.9 Å². The molecule has 0 spiro atoms. The number of alkyl carbamates (subject to hydrolysis) is 1. The lowest BCUT2D eigenvalue weighted by Gasteiger charge is -2.23. The van der Waals surface area contributed by atoms with Crippen molar-refractivity contribution < 1.29 is 19.1 Å². The molecule has 1 aromatic carbocycles. The van der Waals surface area contributed by atoms with E-state index in [1.54, 1.807) is 10.7 Å². The normalized spacial score (nSPS) is 17.2. The number of esters is 1. The summed E-state index contributed by atoms with van der Waals surface area (Å²) >= 11 is 0. The van der Waals surface area contributed by atoms with Crippen LogP contribution in [-0.2, 0) is 16.5 Å². The Labute approximate surface area is 158 Å². The quantitative estimate of drug-likeness (QED) is 0.831. The van der Waals surface area contributed by atoms with Gasteiger partial charge in [-0.05, 0) is 39.3 Å². The number of hydrogen-bond acceptors (Lipinski definition) is 6. The second-order valence-corrected chi connectivity index (χ2v) is 7.77. The van der Waals surface area contributed by atoms with Crippen molar-refractivity contribution in [1.82, 2.24) is 15.1 Å². The average Bonchev–Trinajstić information content (AvgIpc) is 3.17. The maximum absolute atomic E-state index is 12.0. The Bertz CT molecular complexity index is 868. The van der Waals surface area contributed by atoms with E-state index < -0.39 is 17.7 Å². The van der Waals surface area contributed by atoms with E-state index in [0.717, 1.165) is 24.0 Å². The topological polar surface area (TPSA) is 85.7 Å². The third-order valence-corrected chi connectivity index (χ3v) is 4.42. The number of aryl methyl sites for hydroxylation is 1. The number of methoxy groups -OCH3 is 1. The fourth-order valence-electron chi connectivity index (χ4n) is 3.33. The zero-order chi connectivity index (χ0) is 19.8. The molecular weight excluding hydrogens is 348 g/mol. The van der Waals surface area contributed by atoms with E-state index in [4.69, 9.17) is 9.47 Å². The Balaban J connectivity index is 1.79. The number of rotatable bonds is 3. The molecule has 0 bridgehead atoms. The summed E-state index contributed by atoms with van der Waals surface area (Å²) in [6, 6.07) is 3.66. The maximum Gasteiger partial charge on any atom is 0.407 e. The number of anilines is 1. The first-order chi connectivity index (χ1) is 12.7. The molecule has 0 saturated carbocycles. The summed E-state index contributed by atoms with van der Waals surface area (Å²) in [6.07, 6.45) is 2.31. The summed E-state index contributed by atoms with van der Waals surface area (Å²) in [4.78, 5) is 26.2. The smallest absolute Gasteiger partial charge is 0.407 e. The number of nitrogens with zero attached hydrogens (tertiary/aromatic N) is 3. The molecule has 0 unspecified atom stereocenters. The summed E-state index contributed by atoms with van der Waals surface area (Å²) in [5.41, 5.74) is 1.53. The van der Waals surface area contributed by atoms with Crippen molar-refractivity contribution >= 4 is 28.7 Å². The highest BCUT2D eigenvalue weighted by molar-refractivity contribution is 6.06.